The van der Waals surface area contributed by atoms with Crippen molar-refractivity contribution < 1.29 is 4.74 Å². The minimum atomic E-state index is 0.404. The first kappa shape index (κ1) is 17.5. The van der Waals surface area contributed by atoms with Crippen LogP contribution in [0.5, 0.6) is 0 Å². The summed E-state index contributed by atoms with van der Waals surface area (Å²) < 4.78 is 9.61. The largest absolute Gasteiger partial charge is 0.378 e. The van der Waals surface area contributed by atoms with Gasteiger partial charge >= 0.3 is 0 Å². The average Bonchev–Trinajstić information content (AvgIpc) is 3.24. The average molecular weight is 359 g/mol. The molecule has 2 aliphatic rings. The molecule has 26 heavy (non-hydrogen) atoms. The van der Waals surface area contributed by atoms with Gasteiger partial charge in [-0.1, -0.05) is 13.8 Å². The Labute approximate surface area is 154 Å². The molecule has 2 aromatic rings. The summed E-state index contributed by atoms with van der Waals surface area (Å²) in [7, 11) is 2.06. The lowest BCUT2D eigenvalue weighted by Crippen LogP contribution is -2.40. The van der Waals surface area contributed by atoms with Crippen molar-refractivity contribution in [3.63, 3.8) is 0 Å². The van der Waals surface area contributed by atoms with Crippen LogP contribution < -0.4 is 10.2 Å². The van der Waals surface area contributed by atoms with Gasteiger partial charge in [0.25, 0.3) is 0 Å². The Morgan fingerprint density at radius 1 is 1.31 bits per heavy atom. The Balaban J connectivity index is 1.53. The van der Waals surface area contributed by atoms with Gasteiger partial charge in [0.15, 0.2) is 0 Å². The summed E-state index contributed by atoms with van der Waals surface area (Å²) in [5.41, 5.74) is 2.52. The van der Waals surface area contributed by atoms with E-state index >= 15 is 0 Å². The van der Waals surface area contributed by atoms with Gasteiger partial charge in [-0.05, 0) is 12.3 Å². The van der Waals surface area contributed by atoms with Crippen molar-refractivity contribution in [1.29, 1.82) is 0 Å². The van der Waals surface area contributed by atoms with E-state index in [2.05, 4.69) is 41.2 Å². The maximum atomic E-state index is 5.53. The van der Waals surface area contributed by atoms with E-state index in [1.165, 1.54) is 17.1 Å². The normalized spacial score (nSPS) is 20.6. The minimum Gasteiger partial charge on any atom is -0.378 e. The number of anilines is 1. The molecule has 0 saturated carbocycles. The van der Waals surface area contributed by atoms with Crippen LogP contribution >= 0.6 is 0 Å². The highest BCUT2D eigenvalue weighted by atomic mass is 16.5. The minimum absolute atomic E-state index is 0.404. The first-order valence-corrected chi connectivity index (χ1v) is 9.62. The monoisotopic (exact) mass is 359 g/mol. The Morgan fingerprint density at radius 3 is 2.88 bits per heavy atom. The van der Waals surface area contributed by atoms with Gasteiger partial charge < -0.3 is 15.0 Å². The topological polar surface area (TPSA) is 73.0 Å². The van der Waals surface area contributed by atoms with Crippen LogP contribution in [0, 0.1) is 0 Å². The standard InChI is InChI=1S/C18H29N7O/c1-13(2)17-15(18(23(3)22-17)24-6-8-26-9-7-24)10-19-14-4-5-16-20-12-21-25(16)11-14/h12-14,19H,4-11H2,1-3H3/t14-/m0/s1. The van der Waals surface area contributed by atoms with Crippen LogP contribution in [0.4, 0.5) is 5.82 Å². The van der Waals surface area contributed by atoms with Gasteiger partial charge in [-0.2, -0.15) is 10.2 Å². The van der Waals surface area contributed by atoms with Gasteiger partial charge in [0, 0.05) is 44.7 Å². The summed E-state index contributed by atoms with van der Waals surface area (Å²) >= 11 is 0. The highest BCUT2D eigenvalue weighted by Gasteiger charge is 2.26. The number of morpholine rings is 1. The predicted molar refractivity (Wildman–Crippen MR) is 99.3 cm³/mol. The van der Waals surface area contributed by atoms with Crippen molar-refractivity contribution in [3.8, 4) is 0 Å². The molecular weight excluding hydrogens is 330 g/mol. The summed E-state index contributed by atoms with van der Waals surface area (Å²) in [5, 5.41) is 12.9. The Hall–Kier alpha value is -1.93. The molecule has 0 amide bonds. The predicted octanol–water partition coefficient (Wildman–Crippen LogP) is 1.08. The molecule has 2 aliphatic heterocycles. The van der Waals surface area contributed by atoms with E-state index in [9.17, 15) is 0 Å². The van der Waals surface area contributed by atoms with Crippen molar-refractivity contribution in [2.45, 2.75) is 51.7 Å². The second-order valence-corrected chi connectivity index (χ2v) is 7.54. The lowest BCUT2D eigenvalue weighted by molar-refractivity contribution is 0.122. The van der Waals surface area contributed by atoms with Crippen molar-refractivity contribution >= 4 is 5.82 Å². The summed E-state index contributed by atoms with van der Waals surface area (Å²) in [6, 6.07) is 0.418. The zero-order chi connectivity index (χ0) is 18.1. The second kappa shape index (κ2) is 7.36. The molecule has 0 bridgehead atoms. The van der Waals surface area contributed by atoms with E-state index in [-0.39, 0.29) is 0 Å². The molecule has 2 aromatic heterocycles. The number of ether oxygens (including phenoxy) is 1. The smallest absolute Gasteiger partial charge is 0.138 e. The van der Waals surface area contributed by atoms with E-state index < -0.39 is 0 Å². The highest BCUT2D eigenvalue weighted by Crippen LogP contribution is 2.29. The van der Waals surface area contributed by atoms with Crippen LogP contribution in [-0.2, 0) is 31.3 Å². The maximum Gasteiger partial charge on any atom is 0.138 e. The zero-order valence-electron chi connectivity index (χ0n) is 16.0. The molecule has 4 rings (SSSR count). The van der Waals surface area contributed by atoms with Crippen molar-refractivity contribution in [2.24, 2.45) is 7.05 Å². The van der Waals surface area contributed by atoms with Crippen LogP contribution in [0.15, 0.2) is 6.33 Å². The molecule has 1 fully saturated rings. The van der Waals surface area contributed by atoms with Crippen LogP contribution in [0.1, 0.15) is 43.3 Å². The van der Waals surface area contributed by atoms with E-state index in [0.717, 1.165) is 58.1 Å². The lowest BCUT2D eigenvalue weighted by atomic mass is 10.0. The summed E-state index contributed by atoms with van der Waals surface area (Å²) in [5.74, 6) is 2.74. The number of rotatable bonds is 5. The van der Waals surface area contributed by atoms with Crippen LogP contribution in [0.3, 0.4) is 0 Å². The maximum absolute atomic E-state index is 5.53. The molecular formula is C18H29N7O. The molecule has 0 spiro atoms. The fourth-order valence-corrected chi connectivity index (χ4v) is 4.03. The molecule has 0 unspecified atom stereocenters. The van der Waals surface area contributed by atoms with E-state index in [1.807, 2.05) is 9.36 Å². The zero-order valence-corrected chi connectivity index (χ0v) is 16.0. The van der Waals surface area contributed by atoms with Crippen LogP contribution in [-0.4, -0.2) is 56.9 Å². The van der Waals surface area contributed by atoms with Crippen molar-refractivity contribution in [2.75, 3.05) is 31.2 Å². The fourth-order valence-electron chi connectivity index (χ4n) is 4.03. The molecule has 8 nitrogen and oxygen atoms in total. The van der Waals surface area contributed by atoms with Crippen molar-refractivity contribution in [1.82, 2.24) is 29.9 Å². The second-order valence-electron chi connectivity index (χ2n) is 7.54. The molecule has 142 valence electrons. The van der Waals surface area contributed by atoms with E-state index in [1.54, 1.807) is 6.33 Å². The van der Waals surface area contributed by atoms with E-state index in [4.69, 9.17) is 9.84 Å². The number of hydrogen-bond acceptors (Lipinski definition) is 6. The molecule has 0 aromatic carbocycles. The first-order valence-electron chi connectivity index (χ1n) is 9.62. The number of aryl methyl sites for hydroxylation is 2. The van der Waals surface area contributed by atoms with Gasteiger partial charge in [-0.3, -0.25) is 4.68 Å². The summed E-state index contributed by atoms with van der Waals surface area (Å²) in [6.07, 6.45) is 3.74. The van der Waals surface area contributed by atoms with Gasteiger partial charge in [0.1, 0.15) is 18.0 Å². The molecule has 1 N–H and O–H groups in total. The van der Waals surface area contributed by atoms with Gasteiger partial charge in [-0.15, -0.1) is 0 Å². The first-order chi connectivity index (χ1) is 12.6. The third-order valence-corrected chi connectivity index (χ3v) is 5.37. The summed E-state index contributed by atoms with van der Waals surface area (Å²) in [4.78, 5) is 6.73. The number of hydrogen-bond donors (Lipinski definition) is 1. The van der Waals surface area contributed by atoms with Gasteiger partial charge in [0.05, 0.1) is 25.5 Å². The van der Waals surface area contributed by atoms with Gasteiger partial charge in [0.2, 0.25) is 0 Å². The van der Waals surface area contributed by atoms with Crippen molar-refractivity contribution in [3.05, 3.63) is 23.4 Å². The number of nitrogens with zero attached hydrogens (tertiary/aromatic N) is 6. The highest BCUT2D eigenvalue weighted by molar-refractivity contribution is 5.51. The lowest BCUT2D eigenvalue weighted by Gasteiger charge is -2.30. The molecule has 8 heteroatoms. The Bertz CT molecular complexity index is 745. The number of fused-ring (bicyclic) bond motifs is 1. The fraction of sp³-hybridized carbons (Fsp3) is 0.722. The number of aromatic nitrogens is 5. The molecule has 4 heterocycles. The van der Waals surface area contributed by atoms with Gasteiger partial charge in [-0.25, -0.2) is 9.67 Å². The van der Waals surface area contributed by atoms with E-state index in [0.29, 0.717) is 12.0 Å². The molecule has 0 radical (unpaired) electrons. The third kappa shape index (κ3) is 3.35. The SMILES string of the molecule is CC(C)c1nn(C)c(N2CCOCC2)c1CN[C@H]1CCc2ncnn2C1. The molecule has 1 saturated heterocycles. The Kier molecular flexibility index (Phi) is 4.95. The Morgan fingerprint density at radius 2 is 2.12 bits per heavy atom. The summed E-state index contributed by atoms with van der Waals surface area (Å²) in [6.45, 7) is 9.59. The molecule has 1 atom stereocenters. The van der Waals surface area contributed by atoms with Crippen LogP contribution in [0.25, 0.3) is 0 Å². The van der Waals surface area contributed by atoms with Crippen LogP contribution in [0.2, 0.25) is 0 Å². The number of nitrogens with one attached hydrogen (secondary N) is 1. The molecule has 0 aliphatic carbocycles. The third-order valence-electron chi connectivity index (χ3n) is 5.37. The quantitative estimate of drug-likeness (QED) is 0.861.